The topological polar surface area (TPSA) is 107 Å². The van der Waals surface area contributed by atoms with Gasteiger partial charge in [-0.15, -0.1) is 0 Å². The van der Waals surface area contributed by atoms with Crippen molar-refractivity contribution < 1.29 is 36.3 Å². The third-order valence-electron chi connectivity index (χ3n) is 6.05. The number of hydrogen-bond donors (Lipinski definition) is 2. The van der Waals surface area contributed by atoms with Crippen LogP contribution in [0.5, 0.6) is 0 Å². The van der Waals surface area contributed by atoms with Gasteiger partial charge in [0, 0.05) is 32.7 Å². The third kappa shape index (κ3) is 9.10. The van der Waals surface area contributed by atoms with Crippen LogP contribution in [-0.4, -0.2) is 80.1 Å². The second kappa shape index (κ2) is 13.7. The number of alkyl halides is 3. The monoisotopic (exact) mass is 557 g/mol. The average Bonchev–Trinajstić information content (AvgIpc) is 2.89. The highest BCUT2D eigenvalue weighted by Crippen LogP contribution is 2.24. The standard InChI is InChI=1S/C24H33N3O3S.C2HF3O2/c1-19(2)21-9-11-23(12-10-21)31(29,30)27(17-20(3)22-7-5-4-6-8-22)18-24(28)26-15-13-25-14-16-26;3-2(4,5)1(6)7/h4-12,19-20,25H,13-18H2,1-3H3;(H,6,7). The summed E-state index contributed by atoms with van der Waals surface area (Å²) in [5.41, 5.74) is 2.13. The van der Waals surface area contributed by atoms with Crippen molar-refractivity contribution in [2.24, 2.45) is 0 Å². The molecular weight excluding hydrogens is 523 g/mol. The van der Waals surface area contributed by atoms with Crippen molar-refractivity contribution in [2.45, 2.75) is 43.7 Å². The summed E-state index contributed by atoms with van der Waals surface area (Å²) in [6.45, 7) is 8.91. The number of piperazine rings is 1. The summed E-state index contributed by atoms with van der Waals surface area (Å²) in [5, 5.41) is 10.3. The van der Waals surface area contributed by atoms with Gasteiger partial charge in [0.1, 0.15) is 0 Å². The number of carbonyl (C=O) groups excluding carboxylic acids is 1. The van der Waals surface area contributed by atoms with Gasteiger partial charge in [-0.2, -0.15) is 17.5 Å². The van der Waals surface area contributed by atoms with E-state index >= 15 is 0 Å². The Morgan fingerprint density at radius 1 is 0.974 bits per heavy atom. The number of sulfonamides is 1. The SMILES string of the molecule is CC(C)c1ccc(S(=O)(=O)N(CC(=O)N2CCNCC2)CC(C)c2ccccc2)cc1.O=C(O)C(F)(F)F. The van der Waals surface area contributed by atoms with Gasteiger partial charge in [0.15, 0.2) is 0 Å². The number of nitrogens with one attached hydrogen (secondary N) is 1. The Kier molecular flexibility index (Phi) is 11.3. The molecule has 8 nitrogen and oxygen atoms in total. The molecule has 2 aromatic carbocycles. The Balaban J connectivity index is 0.000000638. The van der Waals surface area contributed by atoms with Crippen LogP contribution < -0.4 is 5.32 Å². The maximum atomic E-state index is 13.5. The fourth-order valence-corrected chi connectivity index (χ4v) is 5.26. The first-order valence-corrected chi connectivity index (χ1v) is 13.6. The molecule has 2 N–H and O–H groups in total. The summed E-state index contributed by atoms with van der Waals surface area (Å²) in [5.74, 6) is -2.63. The molecule has 3 rings (SSSR count). The van der Waals surface area contributed by atoms with E-state index in [1.54, 1.807) is 17.0 Å². The molecule has 0 bridgehead atoms. The van der Waals surface area contributed by atoms with Crippen molar-refractivity contribution >= 4 is 21.9 Å². The Bertz CT molecular complexity index is 1150. The van der Waals surface area contributed by atoms with Crippen LogP contribution in [0.15, 0.2) is 59.5 Å². The van der Waals surface area contributed by atoms with Gasteiger partial charge < -0.3 is 15.3 Å². The molecule has 0 aliphatic carbocycles. The zero-order valence-corrected chi connectivity index (χ0v) is 22.4. The number of benzene rings is 2. The molecule has 1 amide bonds. The maximum Gasteiger partial charge on any atom is 0.490 e. The molecule has 1 unspecified atom stereocenters. The third-order valence-corrected chi connectivity index (χ3v) is 7.88. The molecule has 0 spiro atoms. The van der Waals surface area contributed by atoms with E-state index in [4.69, 9.17) is 9.90 Å². The second-order valence-corrected chi connectivity index (χ2v) is 11.2. The second-order valence-electron chi connectivity index (χ2n) is 9.27. The van der Waals surface area contributed by atoms with Crippen LogP contribution in [0, 0.1) is 0 Å². The molecule has 1 heterocycles. The van der Waals surface area contributed by atoms with Crippen LogP contribution in [0.1, 0.15) is 43.7 Å². The largest absolute Gasteiger partial charge is 0.490 e. The van der Waals surface area contributed by atoms with Crippen LogP contribution in [0.4, 0.5) is 13.2 Å². The van der Waals surface area contributed by atoms with E-state index in [1.807, 2.05) is 49.4 Å². The fraction of sp³-hybridized carbons (Fsp3) is 0.462. The number of amides is 1. The molecule has 1 saturated heterocycles. The van der Waals surface area contributed by atoms with Crippen molar-refractivity contribution in [3.63, 3.8) is 0 Å². The van der Waals surface area contributed by atoms with Crippen LogP contribution in [-0.2, 0) is 19.6 Å². The van der Waals surface area contributed by atoms with Gasteiger partial charge >= 0.3 is 12.1 Å². The first-order valence-electron chi connectivity index (χ1n) is 12.2. The molecular formula is C26H34F3N3O5S. The molecule has 1 aliphatic rings. The Hall–Kier alpha value is -2.96. The molecule has 1 aliphatic heterocycles. The summed E-state index contributed by atoms with van der Waals surface area (Å²) in [7, 11) is -3.81. The summed E-state index contributed by atoms with van der Waals surface area (Å²) in [4.78, 5) is 23.8. The van der Waals surface area contributed by atoms with E-state index < -0.39 is 22.2 Å². The lowest BCUT2D eigenvalue weighted by Gasteiger charge is -2.31. The molecule has 1 fully saturated rings. The number of aliphatic carboxylic acids is 1. The van der Waals surface area contributed by atoms with Crippen molar-refractivity contribution in [3.8, 4) is 0 Å². The van der Waals surface area contributed by atoms with Gasteiger partial charge in [-0.25, -0.2) is 13.2 Å². The molecule has 0 saturated carbocycles. The highest BCUT2D eigenvalue weighted by atomic mass is 32.2. The smallest absolute Gasteiger partial charge is 0.475 e. The van der Waals surface area contributed by atoms with Crippen LogP contribution in [0.2, 0.25) is 0 Å². The Morgan fingerprint density at radius 3 is 1.97 bits per heavy atom. The predicted molar refractivity (Wildman–Crippen MR) is 137 cm³/mol. The van der Waals surface area contributed by atoms with Crippen molar-refractivity contribution in [1.29, 1.82) is 0 Å². The van der Waals surface area contributed by atoms with E-state index in [-0.39, 0.29) is 29.8 Å². The van der Waals surface area contributed by atoms with Gasteiger partial charge in [0.2, 0.25) is 15.9 Å². The lowest BCUT2D eigenvalue weighted by molar-refractivity contribution is -0.192. The van der Waals surface area contributed by atoms with Crippen molar-refractivity contribution in [2.75, 3.05) is 39.3 Å². The van der Waals surface area contributed by atoms with E-state index in [1.165, 1.54) is 4.31 Å². The quantitative estimate of drug-likeness (QED) is 0.513. The highest BCUT2D eigenvalue weighted by molar-refractivity contribution is 7.89. The van der Waals surface area contributed by atoms with Crippen molar-refractivity contribution in [1.82, 2.24) is 14.5 Å². The van der Waals surface area contributed by atoms with Crippen LogP contribution in [0.3, 0.4) is 0 Å². The minimum atomic E-state index is -5.08. The molecule has 0 radical (unpaired) electrons. The fourth-order valence-electron chi connectivity index (χ4n) is 3.78. The van der Waals surface area contributed by atoms with E-state index in [9.17, 15) is 26.4 Å². The predicted octanol–water partition coefficient (Wildman–Crippen LogP) is 3.67. The lowest BCUT2D eigenvalue weighted by Crippen LogP contribution is -2.50. The summed E-state index contributed by atoms with van der Waals surface area (Å²) < 4.78 is 60.2. The van der Waals surface area contributed by atoms with Gasteiger partial charge in [-0.3, -0.25) is 4.79 Å². The zero-order valence-electron chi connectivity index (χ0n) is 21.6. The normalized spacial score (nSPS) is 15.1. The molecule has 0 aromatic heterocycles. The molecule has 38 heavy (non-hydrogen) atoms. The number of carboxylic acids is 1. The minimum absolute atomic E-state index is 0.0401. The van der Waals surface area contributed by atoms with Gasteiger partial charge in [0.05, 0.1) is 11.4 Å². The van der Waals surface area contributed by atoms with Crippen LogP contribution in [0.25, 0.3) is 0 Å². The lowest BCUT2D eigenvalue weighted by atomic mass is 10.0. The van der Waals surface area contributed by atoms with Gasteiger partial charge in [0.25, 0.3) is 0 Å². The molecule has 210 valence electrons. The molecule has 2 aromatic rings. The summed E-state index contributed by atoms with van der Waals surface area (Å²) >= 11 is 0. The molecule has 1 atom stereocenters. The van der Waals surface area contributed by atoms with Crippen molar-refractivity contribution in [3.05, 3.63) is 65.7 Å². The van der Waals surface area contributed by atoms with Gasteiger partial charge in [-0.1, -0.05) is 63.2 Å². The van der Waals surface area contributed by atoms with Gasteiger partial charge in [-0.05, 0) is 35.1 Å². The minimum Gasteiger partial charge on any atom is -0.475 e. The van der Waals surface area contributed by atoms with E-state index in [0.717, 1.165) is 24.2 Å². The summed E-state index contributed by atoms with van der Waals surface area (Å²) in [6.07, 6.45) is -5.08. The number of halogens is 3. The van der Waals surface area contributed by atoms with Crippen LogP contribution >= 0.6 is 0 Å². The van der Waals surface area contributed by atoms with E-state index in [2.05, 4.69) is 19.2 Å². The number of nitrogens with zero attached hydrogens (tertiary/aromatic N) is 2. The number of rotatable bonds is 8. The summed E-state index contributed by atoms with van der Waals surface area (Å²) in [6, 6.07) is 16.8. The maximum absolute atomic E-state index is 13.5. The average molecular weight is 558 g/mol. The van der Waals surface area contributed by atoms with E-state index in [0.29, 0.717) is 19.0 Å². The number of hydrogen-bond acceptors (Lipinski definition) is 5. The zero-order chi connectivity index (χ0) is 28.5. The molecule has 12 heteroatoms. The first kappa shape index (κ1) is 31.3. The first-order chi connectivity index (χ1) is 17.7. The number of carbonyl (C=O) groups is 2. The Morgan fingerprint density at radius 2 is 1.50 bits per heavy atom. The Labute approximate surface area is 221 Å². The number of carboxylic acid groups (broad SMARTS) is 1. The highest BCUT2D eigenvalue weighted by Gasteiger charge is 2.38.